The summed E-state index contributed by atoms with van der Waals surface area (Å²) >= 11 is 6.10. The third kappa shape index (κ3) is 2.94. The van der Waals surface area contributed by atoms with Gasteiger partial charge in [-0.05, 0) is 48.2 Å². The normalized spacial score (nSPS) is 11.9. The molecule has 0 bridgehead atoms. The molecule has 1 aromatic heterocycles. The fourth-order valence-electron chi connectivity index (χ4n) is 2.45. The van der Waals surface area contributed by atoms with Gasteiger partial charge in [-0.2, -0.15) is 5.11 Å². The highest BCUT2D eigenvalue weighted by Gasteiger charge is 2.12. The van der Waals surface area contributed by atoms with Crippen LogP contribution in [0.4, 0.5) is 11.4 Å². The minimum absolute atomic E-state index is 0.0179. The summed E-state index contributed by atoms with van der Waals surface area (Å²) in [5.74, 6) is 0.417. The van der Waals surface area contributed by atoms with Crippen molar-refractivity contribution < 1.29 is 5.11 Å². The molecule has 0 aliphatic heterocycles. The van der Waals surface area contributed by atoms with Crippen LogP contribution >= 0.6 is 11.6 Å². The molecule has 0 radical (unpaired) electrons. The van der Waals surface area contributed by atoms with Gasteiger partial charge in [-0.1, -0.05) is 37.6 Å². The highest BCUT2D eigenvalue weighted by Crippen LogP contribution is 2.38. The van der Waals surface area contributed by atoms with E-state index in [1.165, 1.54) is 5.56 Å². The average molecular weight is 328 g/mol. The summed E-state index contributed by atoms with van der Waals surface area (Å²) in [7, 11) is 0. The first-order chi connectivity index (χ1) is 11.0. The number of aromatic nitrogens is 1. The van der Waals surface area contributed by atoms with E-state index in [0.717, 1.165) is 16.5 Å². The third-order valence-corrected chi connectivity index (χ3v) is 4.35. The molecule has 2 aromatic carbocycles. The summed E-state index contributed by atoms with van der Waals surface area (Å²) in [4.78, 5) is 2.93. The molecule has 0 aliphatic rings. The molecule has 0 fully saturated rings. The van der Waals surface area contributed by atoms with Crippen LogP contribution in [0.3, 0.4) is 0 Å². The molecule has 2 N–H and O–H groups in total. The molecule has 0 saturated carbocycles. The maximum Gasteiger partial charge on any atom is 0.218 e. The first kappa shape index (κ1) is 15.6. The molecule has 4 nitrogen and oxygen atoms in total. The molecular weight excluding hydrogens is 310 g/mol. The van der Waals surface area contributed by atoms with Gasteiger partial charge in [0.25, 0.3) is 0 Å². The third-order valence-electron chi connectivity index (χ3n) is 3.94. The van der Waals surface area contributed by atoms with Crippen molar-refractivity contribution in [3.05, 3.63) is 52.5 Å². The number of aromatic amines is 1. The molecule has 23 heavy (non-hydrogen) atoms. The Balaban J connectivity index is 2.08. The van der Waals surface area contributed by atoms with Gasteiger partial charge in [-0.3, -0.25) is 0 Å². The van der Waals surface area contributed by atoms with E-state index in [-0.39, 0.29) is 5.88 Å². The zero-order valence-corrected chi connectivity index (χ0v) is 14.0. The predicted octanol–water partition coefficient (Wildman–Crippen LogP) is 6.37. The SMILES string of the molecule is Cc1c(Cl)cccc1N=Nc1c(O)[nH]c2ccc(C(C)C)cc12. The number of nitrogens with zero attached hydrogens (tertiary/aromatic N) is 2. The van der Waals surface area contributed by atoms with Crippen molar-refractivity contribution in [1.82, 2.24) is 4.98 Å². The molecular formula is C18H18ClN3O. The van der Waals surface area contributed by atoms with Crippen LogP contribution in [0.1, 0.15) is 30.9 Å². The van der Waals surface area contributed by atoms with E-state index in [0.29, 0.717) is 22.3 Å². The van der Waals surface area contributed by atoms with Crippen molar-refractivity contribution in [2.24, 2.45) is 10.2 Å². The Hall–Kier alpha value is -2.33. The van der Waals surface area contributed by atoms with Crippen molar-refractivity contribution in [2.45, 2.75) is 26.7 Å². The molecule has 5 heteroatoms. The molecule has 0 spiro atoms. The molecule has 0 saturated heterocycles. The number of aromatic hydroxyl groups is 1. The second kappa shape index (κ2) is 6.05. The molecule has 0 aliphatic carbocycles. The van der Waals surface area contributed by atoms with Crippen LogP contribution in [0.2, 0.25) is 5.02 Å². The second-order valence-electron chi connectivity index (χ2n) is 5.87. The average Bonchev–Trinajstić information content (AvgIpc) is 2.83. The maximum absolute atomic E-state index is 10.1. The number of hydrogen-bond acceptors (Lipinski definition) is 3. The van der Waals surface area contributed by atoms with E-state index < -0.39 is 0 Å². The molecule has 0 unspecified atom stereocenters. The van der Waals surface area contributed by atoms with Gasteiger partial charge in [0.15, 0.2) is 5.69 Å². The summed E-state index contributed by atoms with van der Waals surface area (Å²) in [6.07, 6.45) is 0. The molecule has 1 heterocycles. The number of fused-ring (bicyclic) bond motifs is 1. The Labute approximate surface area is 139 Å². The van der Waals surface area contributed by atoms with E-state index in [1.54, 1.807) is 0 Å². The van der Waals surface area contributed by atoms with E-state index in [1.807, 2.05) is 43.3 Å². The van der Waals surface area contributed by atoms with E-state index in [4.69, 9.17) is 11.6 Å². The lowest BCUT2D eigenvalue weighted by molar-refractivity contribution is 0.459. The van der Waals surface area contributed by atoms with E-state index in [9.17, 15) is 5.11 Å². The van der Waals surface area contributed by atoms with Gasteiger partial charge in [-0.25, -0.2) is 0 Å². The first-order valence-corrected chi connectivity index (χ1v) is 7.86. The van der Waals surface area contributed by atoms with Crippen LogP contribution in [0.25, 0.3) is 10.9 Å². The van der Waals surface area contributed by atoms with Crippen molar-refractivity contribution >= 4 is 33.9 Å². The summed E-state index contributed by atoms with van der Waals surface area (Å²) in [6, 6.07) is 11.5. The Kier molecular flexibility index (Phi) is 4.09. The number of rotatable bonds is 3. The molecule has 118 valence electrons. The summed E-state index contributed by atoms with van der Waals surface area (Å²) < 4.78 is 0. The Bertz CT molecular complexity index is 897. The van der Waals surface area contributed by atoms with Crippen molar-refractivity contribution in [3.8, 4) is 5.88 Å². The summed E-state index contributed by atoms with van der Waals surface area (Å²) in [6.45, 7) is 6.15. The van der Waals surface area contributed by atoms with Crippen molar-refractivity contribution in [2.75, 3.05) is 0 Å². The lowest BCUT2D eigenvalue weighted by Crippen LogP contribution is -1.85. The predicted molar refractivity (Wildman–Crippen MR) is 94.4 cm³/mol. The minimum atomic E-state index is 0.0179. The number of halogens is 1. The lowest BCUT2D eigenvalue weighted by Gasteiger charge is -2.04. The van der Waals surface area contributed by atoms with E-state index in [2.05, 4.69) is 29.1 Å². The Morgan fingerprint density at radius 2 is 1.91 bits per heavy atom. The number of H-pyrrole nitrogens is 1. The standard InChI is InChI=1S/C18H18ClN3O/c1-10(2)12-7-8-16-13(9-12)17(18(23)20-16)22-21-15-6-4-5-14(19)11(15)3/h4-10,20,23H,1-3H3. The van der Waals surface area contributed by atoms with Crippen LogP contribution in [-0.4, -0.2) is 10.1 Å². The topological polar surface area (TPSA) is 60.7 Å². The van der Waals surface area contributed by atoms with E-state index >= 15 is 0 Å². The molecule has 0 amide bonds. The largest absolute Gasteiger partial charge is 0.493 e. The quantitative estimate of drug-likeness (QED) is 0.539. The lowest BCUT2D eigenvalue weighted by atomic mass is 10.0. The second-order valence-corrected chi connectivity index (χ2v) is 6.27. The van der Waals surface area contributed by atoms with Gasteiger partial charge in [0.1, 0.15) is 0 Å². The Morgan fingerprint density at radius 1 is 1.13 bits per heavy atom. The van der Waals surface area contributed by atoms with Crippen LogP contribution < -0.4 is 0 Å². The first-order valence-electron chi connectivity index (χ1n) is 7.49. The minimum Gasteiger partial charge on any atom is -0.493 e. The molecule has 3 rings (SSSR count). The van der Waals surface area contributed by atoms with Gasteiger partial charge < -0.3 is 10.1 Å². The maximum atomic E-state index is 10.1. The van der Waals surface area contributed by atoms with Gasteiger partial charge >= 0.3 is 0 Å². The number of nitrogens with one attached hydrogen (secondary N) is 1. The fraction of sp³-hybridized carbons (Fsp3) is 0.222. The zero-order chi connectivity index (χ0) is 16.6. The van der Waals surface area contributed by atoms with Gasteiger partial charge in [0, 0.05) is 10.4 Å². The van der Waals surface area contributed by atoms with Crippen LogP contribution in [0, 0.1) is 6.92 Å². The summed E-state index contributed by atoms with van der Waals surface area (Å²) in [5, 5.41) is 20.1. The van der Waals surface area contributed by atoms with Crippen molar-refractivity contribution in [1.29, 1.82) is 0 Å². The smallest absolute Gasteiger partial charge is 0.218 e. The Morgan fingerprint density at radius 3 is 2.65 bits per heavy atom. The fourth-order valence-corrected chi connectivity index (χ4v) is 2.62. The van der Waals surface area contributed by atoms with Crippen molar-refractivity contribution in [3.63, 3.8) is 0 Å². The molecule has 0 atom stereocenters. The van der Waals surface area contributed by atoms with Crippen LogP contribution in [-0.2, 0) is 0 Å². The zero-order valence-electron chi connectivity index (χ0n) is 13.3. The monoisotopic (exact) mass is 327 g/mol. The van der Waals surface area contributed by atoms with Gasteiger partial charge in [0.2, 0.25) is 5.88 Å². The van der Waals surface area contributed by atoms with Crippen LogP contribution in [0.5, 0.6) is 5.88 Å². The number of hydrogen-bond donors (Lipinski definition) is 2. The number of benzene rings is 2. The highest BCUT2D eigenvalue weighted by atomic mass is 35.5. The van der Waals surface area contributed by atoms with Gasteiger partial charge in [0.05, 0.1) is 11.2 Å². The highest BCUT2D eigenvalue weighted by molar-refractivity contribution is 6.31. The van der Waals surface area contributed by atoms with Gasteiger partial charge in [-0.15, -0.1) is 5.11 Å². The molecule has 3 aromatic rings. The summed E-state index contributed by atoms with van der Waals surface area (Å²) in [5.41, 5.74) is 4.02. The van der Waals surface area contributed by atoms with Crippen LogP contribution in [0.15, 0.2) is 46.6 Å². The number of azo groups is 1.